The summed E-state index contributed by atoms with van der Waals surface area (Å²) in [5.41, 5.74) is -4.55. The van der Waals surface area contributed by atoms with Crippen molar-refractivity contribution < 1.29 is 31.5 Å². The van der Waals surface area contributed by atoms with Crippen LogP contribution in [0.3, 0.4) is 0 Å². The lowest BCUT2D eigenvalue weighted by Crippen LogP contribution is -2.33. The SMILES string of the molecule is Cn1cc(N(C=O)c2ccccc2OC(F)(F)C(F)Cl)c(C(F)F)n1. The van der Waals surface area contributed by atoms with Gasteiger partial charge in [0, 0.05) is 13.2 Å². The van der Waals surface area contributed by atoms with Crippen LogP contribution in [0.4, 0.5) is 33.3 Å². The second-order valence-corrected chi connectivity index (χ2v) is 5.16. The number of hydrogen-bond acceptors (Lipinski definition) is 3. The summed E-state index contributed by atoms with van der Waals surface area (Å²) < 4.78 is 71.1. The molecule has 0 bridgehead atoms. The van der Waals surface area contributed by atoms with Gasteiger partial charge in [0.1, 0.15) is 0 Å². The van der Waals surface area contributed by atoms with E-state index in [1.807, 2.05) is 0 Å². The van der Waals surface area contributed by atoms with Crippen molar-refractivity contribution in [1.82, 2.24) is 9.78 Å². The lowest BCUT2D eigenvalue weighted by molar-refractivity contribution is -0.198. The highest BCUT2D eigenvalue weighted by Crippen LogP contribution is 2.39. The minimum Gasteiger partial charge on any atom is -0.427 e. The molecule has 0 N–H and O–H groups in total. The Bertz CT molecular complexity index is 754. The Hall–Kier alpha value is -2.36. The summed E-state index contributed by atoms with van der Waals surface area (Å²) in [6.07, 6.45) is -6.19. The number of amides is 1. The molecule has 0 saturated carbocycles. The topological polar surface area (TPSA) is 47.4 Å². The van der Waals surface area contributed by atoms with Gasteiger partial charge in [-0.05, 0) is 12.1 Å². The maximum Gasteiger partial charge on any atom is 0.444 e. The molecule has 0 spiro atoms. The van der Waals surface area contributed by atoms with Crippen molar-refractivity contribution in [2.24, 2.45) is 7.05 Å². The molecule has 1 atom stereocenters. The van der Waals surface area contributed by atoms with Crippen molar-refractivity contribution in [3.63, 3.8) is 0 Å². The Kier molecular flexibility index (Phi) is 5.51. The van der Waals surface area contributed by atoms with Crippen LogP contribution < -0.4 is 9.64 Å². The molecule has 5 nitrogen and oxygen atoms in total. The highest BCUT2D eigenvalue weighted by molar-refractivity contribution is 6.20. The summed E-state index contributed by atoms with van der Waals surface area (Å²) in [6, 6.07) is 4.79. The lowest BCUT2D eigenvalue weighted by atomic mass is 10.2. The first-order chi connectivity index (χ1) is 11.7. The third kappa shape index (κ3) is 4.01. The van der Waals surface area contributed by atoms with Crippen LogP contribution in [0.2, 0.25) is 0 Å². The van der Waals surface area contributed by atoms with Gasteiger partial charge in [0.05, 0.1) is 11.4 Å². The van der Waals surface area contributed by atoms with Crippen molar-refractivity contribution in [2.45, 2.75) is 18.2 Å². The molecule has 1 unspecified atom stereocenters. The Morgan fingerprint density at radius 3 is 2.48 bits per heavy atom. The van der Waals surface area contributed by atoms with Gasteiger partial charge in [0.15, 0.2) is 11.4 Å². The van der Waals surface area contributed by atoms with E-state index in [9.17, 15) is 26.7 Å². The normalized spacial score (nSPS) is 13.0. The fourth-order valence-corrected chi connectivity index (χ4v) is 2.06. The molecule has 0 radical (unpaired) electrons. The zero-order chi connectivity index (χ0) is 18.8. The minimum atomic E-state index is -4.40. The molecular weight excluding hydrogens is 373 g/mol. The standard InChI is InChI=1S/C14H11ClF5N3O2/c1-22-6-9(11(21-22)12(16)17)23(7-24)8-4-2-3-5-10(8)25-14(19,20)13(15)18/h2-7,12-13H,1H3. The number of hydrogen-bond donors (Lipinski definition) is 0. The van der Waals surface area contributed by atoms with Crippen LogP contribution in [-0.2, 0) is 11.8 Å². The number of nitrogens with zero attached hydrogens (tertiary/aromatic N) is 3. The molecule has 0 aliphatic rings. The molecule has 0 aliphatic heterocycles. The van der Waals surface area contributed by atoms with Gasteiger partial charge in [-0.15, -0.1) is 0 Å². The van der Waals surface area contributed by atoms with Crippen LogP contribution in [-0.4, -0.2) is 27.9 Å². The maximum absolute atomic E-state index is 13.4. The van der Waals surface area contributed by atoms with E-state index in [-0.39, 0.29) is 17.8 Å². The van der Waals surface area contributed by atoms with Gasteiger partial charge >= 0.3 is 6.11 Å². The number of anilines is 2. The average molecular weight is 384 g/mol. The number of benzene rings is 1. The van der Waals surface area contributed by atoms with Gasteiger partial charge in [-0.25, -0.2) is 13.2 Å². The lowest BCUT2D eigenvalue weighted by Gasteiger charge is -2.23. The number of ether oxygens (including phenoxy) is 1. The Morgan fingerprint density at radius 1 is 1.28 bits per heavy atom. The Morgan fingerprint density at radius 2 is 1.92 bits per heavy atom. The van der Waals surface area contributed by atoms with E-state index in [1.54, 1.807) is 0 Å². The summed E-state index contributed by atoms with van der Waals surface area (Å²) in [7, 11) is 1.34. The van der Waals surface area contributed by atoms with Crippen molar-refractivity contribution >= 4 is 29.4 Å². The fourth-order valence-electron chi connectivity index (χ4n) is 2.01. The summed E-state index contributed by atoms with van der Waals surface area (Å²) in [4.78, 5) is 12.1. The average Bonchev–Trinajstić information content (AvgIpc) is 2.91. The van der Waals surface area contributed by atoms with Gasteiger partial charge < -0.3 is 4.74 Å². The summed E-state index contributed by atoms with van der Waals surface area (Å²) in [5.74, 6) is -0.632. The van der Waals surface area contributed by atoms with Crippen molar-refractivity contribution in [3.8, 4) is 5.75 Å². The van der Waals surface area contributed by atoms with Gasteiger partial charge in [0.2, 0.25) is 6.41 Å². The largest absolute Gasteiger partial charge is 0.444 e. The molecule has 1 aromatic carbocycles. The van der Waals surface area contributed by atoms with Crippen LogP contribution in [0, 0.1) is 0 Å². The molecule has 2 rings (SSSR count). The van der Waals surface area contributed by atoms with Gasteiger partial charge in [-0.1, -0.05) is 23.7 Å². The first kappa shape index (κ1) is 19.0. The van der Waals surface area contributed by atoms with Crippen LogP contribution in [0.15, 0.2) is 30.5 Å². The number of carbonyl (C=O) groups excluding carboxylic acids is 1. The number of aryl methyl sites for hydroxylation is 1. The van der Waals surface area contributed by atoms with E-state index in [2.05, 4.69) is 9.84 Å². The first-order valence-corrected chi connectivity index (χ1v) is 7.11. The molecule has 1 heterocycles. The fraction of sp³-hybridized carbons (Fsp3) is 0.286. The van der Waals surface area contributed by atoms with E-state index < -0.39 is 29.6 Å². The molecule has 0 fully saturated rings. The van der Waals surface area contributed by atoms with E-state index in [0.29, 0.717) is 4.90 Å². The van der Waals surface area contributed by atoms with E-state index in [4.69, 9.17) is 11.6 Å². The molecule has 0 saturated heterocycles. The molecular formula is C14H11ClF5N3O2. The predicted molar refractivity (Wildman–Crippen MR) is 79.1 cm³/mol. The number of carbonyl (C=O) groups is 1. The van der Waals surface area contributed by atoms with E-state index in [0.717, 1.165) is 23.0 Å². The Balaban J connectivity index is 2.51. The van der Waals surface area contributed by atoms with Crippen molar-refractivity contribution in [1.29, 1.82) is 0 Å². The van der Waals surface area contributed by atoms with Gasteiger partial charge in [-0.2, -0.15) is 13.9 Å². The molecule has 11 heteroatoms. The van der Waals surface area contributed by atoms with Crippen molar-refractivity contribution in [2.75, 3.05) is 4.90 Å². The number of halogens is 6. The molecule has 136 valence electrons. The van der Waals surface area contributed by atoms with E-state index in [1.165, 1.54) is 19.2 Å². The predicted octanol–water partition coefficient (Wildman–Crippen LogP) is 4.16. The first-order valence-electron chi connectivity index (χ1n) is 6.67. The van der Waals surface area contributed by atoms with Crippen LogP contribution in [0.25, 0.3) is 0 Å². The monoisotopic (exact) mass is 383 g/mol. The molecule has 2 aromatic rings. The molecule has 1 aromatic heterocycles. The van der Waals surface area contributed by atoms with Crippen LogP contribution in [0.5, 0.6) is 5.75 Å². The number of rotatable bonds is 7. The Labute approximate surface area is 143 Å². The molecule has 0 aliphatic carbocycles. The quantitative estimate of drug-likeness (QED) is 0.410. The number of alkyl halides is 6. The number of aromatic nitrogens is 2. The zero-order valence-electron chi connectivity index (χ0n) is 12.5. The molecule has 1 amide bonds. The van der Waals surface area contributed by atoms with Crippen LogP contribution >= 0.6 is 11.6 Å². The summed E-state index contributed by atoms with van der Waals surface area (Å²) >= 11 is 4.73. The highest BCUT2D eigenvalue weighted by Gasteiger charge is 2.43. The maximum atomic E-state index is 13.4. The third-order valence-electron chi connectivity index (χ3n) is 3.03. The second kappa shape index (κ2) is 7.26. The van der Waals surface area contributed by atoms with E-state index >= 15 is 0 Å². The van der Waals surface area contributed by atoms with Crippen LogP contribution in [0.1, 0.15) is 12.1 Å². The highest BCUT2D eigenvalue weighted by atomic mass is 35.5. The van der Waals surface area contributed by atoms with Crippen molar-refractivity contribution in [3.05, 3.63) is 36.2 Å². The summed E-state index contributed by atoms with van der Waals surface area (Å²) in [5, 5.41) is 3.53. The van der Waals surface area contributed by atoms with Gasteiger partial charge in [-0.3, -0.25) is 14.4 Å². The van der Waals surface area contributed by atoms with Gasteiger partial charge in [0.25, 0.3) is 12.1 Å². The number of para-hydroxylation sites is 2. The third-order valence-corrected chi connectivity index (χ3v) is 3.29. The minimum absolute atomic E-state index is 0.122. The summed E-state index contributed by atoms with van der Waals surface area (Å²) in [6.45, 7) is 0. The molecule has 25 heavy (non-hydrogen) atoms. The smallest absolute Gasteiger partial charge is 0.427 e. The zero-order valence-corrected chi connectivity index (χ0v) is 13.3. The second-order valence-electron chi connectivity index (χ2n) is 4.78.